The molecule has 5 aromatic carbocycles. The number of carbonyl (C=O) groups excluding carboxylic acids is 2. The molecule has 0 aliphatic carbocycles. The van der Waals surface area contributed by atoms with Crippen molar-refractivity contribution in [3.05, 3.63) is 196 Å². The van der Waals surface area contributed by atoms with Gasteiger partial charge in [-0.15, -0.1) is 10.2 Å². The number of carboxylic acid groups (broad SMARTS) is 1. The quantitative estimate of drug-likeness (QED) is 0.0380. The van der Waals surface area contributed by atoms with E-state index in [1.165, 1.54) is 4.90 Å². The van der Waals surface area contributed by atoms with Crippen LogP contribution < -0.4 is 16.8 Å². The standard InChI is InChI=1S/C46H37N9O5S3/c47-43-50-39(54-63-43)36(53-60-46(29-20-10-3-11-21-29,30-22-12-4-13-23-30)31-24-14-5-15-25-31)40(56)49-35-33-26-32(34(27-16-6-1-7-17-27)28-18-8-2-9-19-28)38(61-45-52-51-44(48)62-45)37(42(58)59)55(33)41(35)57/h1-25,32-35H,26H2,(H2,48,51)(H,49,56)(H,58,59)(H2,47,50,54)/t32?,33-,35+/m1/s1. The average Bonchev–Trinajstić information content (AvgIpc) is 3.95. The number of nitrogens with one attached hydrogen (secondary N) is 1. The van der Waals surface area contributed by atoms with E-state index < -0.39 is 41.4 Å². The second kappa shape index (κ2) is 17.6. The zero-order valence-corrected chi connectivity index (χ0v) is 35.5. The number of nitrogens with zero attached hydrogens (tertiary/aromatic N) is 6. The molecule has 7 aromatic rings. The van der Waals surface area contributed by atoms with Crippen LogP contribution in [0.5, 0.6) is 0 Å². The number of allylic oxidation sites excluding steroid dienone is 1. The van der Waals surface area contributed by atoms with E-state index in [0.29, 0.717) is 9.24 Å². The maximum Gasteiger partial charge on any atom is 0.353 e. The van der Waals surface area contributed by atoms with Gasteiger partial charge in [0.25, 0.3) is 11.8 Å². The zero-order chi connectivity index (χ0) is 43.5. The van der Waals surface area contributed by atoms with Gasteiger partial charge in [0.15, 0.2) is 9.47 Å². The third kappa shape index (κ3) is 7.93. The number of aromatic nitrogens is 4. The van der Waals surface area contributed by atoms with Crippen molar-refractivity contribution in [1.29, 1.82) is 0 Å². The van der Waals surface area contributed by atoms with Crippen LogP contribution in [0.4, 0.5) is 10.3 Å². The zero-order valence-electron chi connectivity index (χ0n) is 33.1. The summed E-state index contributed by atoms with van der Waals surface area (Å²) in [5.41, 5.74) is 14.1. The van der Waals surface area contributed by atoms with E-state index in [-0.39, 0.29) is 39.8 Å². The van der Waals surface area contributed by atoms with Gasteiger partial charge in [0, 0.05) is 45.0 Å². The minimum Gasteiger partial charge on any atom is -0.477 e. The first-order chi connectivity index (χ1) is 30.7. The number of hydrogen-bond acceptors (Lipinski definition) is 14. The summed E-state index contributed by atoms with van der Waals surface area (Å²) in [6.45, 7) is 0. The van der Waals surface area contributed by atoms with Crippen LogP contribution in [-0.2, 0) is 24.8 Å². The van der Waals surface area contributed by atoms with Crippen LogP contribution in [0.2, 0.25) is 0 Å². The Labute approximate surface area is 373 Å². The summed E-state index contributed by atoms with van der Waals surface area (Å²) in [4.78, 5) is 55.1. The molecule has 2 aliphatic heterocycles. The number of benzene rings is 5. The molecule has 14 nitrogen and oxygen atoms in total. The Morgan fingerprint density at radius 1 is 0.794 bits per heavy atom. The number of anilines is 2. The molecule has 3 atom stereocenters. The summed E-state index contributed by atoms with van der Waals surface area (Å²) in [5.74, 6) is -3.73. The normalized spacial score (nSPS) is 17.5. The Balaban J connectivity index is 1.12. The van der Waals surface area contributed by atoms with Crippen molar-refractivity contribution in [3.8, 4) is 0 Å². The smallest absolute Gasteiger partial charge is 0.353 e. The van der Waals surface area contributed by atoms with Crippen LogP contribution in [0.1, 0.15) is 46.0 Å². The predicted molar refractivity (Wildman–Crippen MR) is 241 cm³/mol. The summed E-state index contributed by atoms with van der Waals surface area (Å²) in [7, 11) is 0. The fourth-order valence-electron chi connectivity index (χ4n) is 8.35. The molecular formula is C46H37N9O5S3. The van der Waals surface area contributed by atoms with Crippen LogP contribution in [-0.4, -0.2) is 65.1 Å². The maximum absolute atomic E-state index is 14.7. The Hall–Kier alpha value is -7.21. The summed E-state index contributed by atoms with van der Waals surface area (Å²) >= 11 is 3.12. The van der Waals surface area contributed by atoms with Crippen LogP contribution in [0.3, 0.4) is 0 Å². The van der Waals surface area contributed by atoms with E-state index in [2.05, 4.69) is 30.0 Å². The Morgan fingerprint density at radius 3 is 1.78 bits per heavy atom. The number of rotatable bonds is 14. The van der Waals surface area contributed by atoms with Crippen LogP contribution in [0.15, 0.2) is 172 Å². The third-order valence-corrected chi connectivity index (χ3v) is 13.6. The number of oxime groups is 1. The second-order valence-corrected chi connectivity index (χ2v) is 17.7. The van der Waals surface area contributed by atoms with Gasteiger partial charge in [0.1, 0.15) is 11.7 Å². The number of fused-ring (bicyclic) bond motifs is 1. The number of nitrogen functional groups attached to an aromatic ring is 2. The van der Waals surface area contributed by atoms with Gasteiger partial charge in [-0.1, -0.05) is 180 Å². The Bertz CT molecular complexity index is 2690. The molecule has 1 fully saturated rings. The Kier molecular flexibility index (Phi) is 11.5. The van der Waals surface area contributed by atoms with Crippen molar-refractivity contribution in [3.63, 3.8) is 0 Å². The highest BCUT2D eigenvalue weighted by Crippen LogP contribution is 2.53. The van der Waals surface area contributed by atoms with Crippen molar-refractivity contribution in [1.82, 2.24) is 29.8 Å². The average molecular weight is 892 g/mol. The topological polar surface area (TPSA) is 212 Å². The lowest BCUT2D eigenvalue weighted by Gasteiger charge is -2.53. The fourth-order valence-corrected chi connectivity index (χ4v) is 10.8. The lowest BCUT2D eigenvalue weighted by atomic mass is 9.72. The van der Waals surface area contributed by atoms with Crippen LogP contribution >= 0.6 is 34.6 Å². The Morgan fingerprint density at radius 2 is 1.32 bits per heavy atom. The largest absolute Gasteiger partial charge is 0.477 e. The number of carbonyl (C=O) groups is 3. The molecule has 9 rings (SSSR count). The maximum atomic E-state index is 14.7. The summed E-state index contributed by atoms with van der Waals surface area (Å²) in [5, 5.41) is 26.8. The molecule has 314 valence electrons. The molecule has 17 heteroatoms. The number of thioether (sulfide) groups is 1. The molecule has 0 bridgehead atoms. The van der Waals surface area contributed by atoms with Crippen molar-refractivity contribution in [2.75, 3.05) is 11.5 Å². The van der Waals surface area contributed by atoms with E-state index in [1.54, 1.807) is 0 Å². The lowest BCUT2D eigenvalue weighted by molar-refractivity contribution is -0.156. The van der Waals surface area contributed by atoms with Crippen LogP contribution in [0.25, 0.3) is 0 Å². The second-order valence-electron chi connectivity index (χ2n) is 14.7. The molecule has 0 spiro atoms. The predicted octanol–water partition coefficient (Wildman–Crippen LogP) is 6.90. The first kappa shape index (κ1) is 41.2. The summed E-state index contributed by atoms with van der Waals surface area (Å²) in [6.07, 6.45) is 0.266. The minimum atomic E-state index is -1.37. The van der Waals surface area contributed by atoms with Crippen LogP contribution in [0, 0.1) is 5.92 Å². The number of nitrogens with two attached hydrogens (primary N) is 2. The van der Waals surface area contributed by atoms with E-state index in [1.807, 2.05) is 152 Å². The first-order valence-electron chi connectivity index (χ1n) is 19.7. The molecule has 0 radical (unpaired) electrons. The highest BCUT2D eigenvalue weighted by Gasteiger charge is 2.57. The number of aliphatic carboxylic acids is 1. The molecule has 0 saturated carbocycles. The molecule has 2 aliphatic rings. The van der Waals surface area contributed by atoms with Gasteiger partial charge in [0.2, 0.25) is 22.3 Å². The van der Waals surface area contributed by atoms with Gasteiger partial charge in [-0.05, 0) is 17.5 Å². The molecule has 1 saturated heterocycles. The highest BCUT2D eigenvalue weighted by molar-refractivity contribution is 8.04. The number of β-lactam (4-membered cyclic amide) rings is 1. The van der Waals surface area contributed by atoms with Crippen molar-refractivity contribution < 1.29 is 24.3 Å². The number of carboxylic acids is 1. The molecule has 1 unspecified atom stereocenters. The number of amides is 2. The van der Waals surface area contributed by atoms with E-state index in [0.717, 1.165) is 62.4 Å². The van der Waals surface area contributed by atoms with Gasteiger partial charge >= 0.3 is 5.97 Å². The van der Waals surface area contributed by atoms with Crippen molar-refractivity contribution >= 4 is 68.4 Å². The highest BCUT2D eigenvalue weighted by atomic mass is 32.2. The lowest BCUT2D eigenvalue weighted by Crippen LogP contribution is -2.73. The molecule has 2 amide bonds. The van der Waals surface area contributed by atoms with E-state index in [4.69, 9.17) is 16.3 Å². The molecule has 6 N–H and O–H groups in total. The third-order valence-electron chi connectivity index (χ3n) is 11.0. The molecule has 4 heterocycles. The van der Waals surface area contributed by atoms with E-state index >= 15 is 0 Å². The van der Waals surface area contributed by atoms with Crippen molar-refractivity contribution in [2.45, 2.75) is 34.4 Å². The van der Waals surface area contributed by atoms with E-state index in [9.17, 15) is 19.5 Å². The SMILES string of the molecule is Nc1nc(C(=NOC(c2ccccc2)(c2ccccc2)c2ccccc2)C(=O)N[C@@H]2C(=O)N3C(C(=O)O)=C(Sc4nnc(N)s4)C(C(c4ccccc4)c4ccccc4)C[C@H]23)ns1. The molecule has 63 heavy (non-hydrogen) atoms. The van der Waals surface area contributed by atoms with Crippen molar-refractivity contribution in [2.24, 2.45) is 11.1 Å². The van der Waals surface area contributed by atoms with Gasteiger partial charge in [-0.3, -0.25) is 14.5 Å². The summed E-state index contributed by atoms with van der Waals surface area (Å²) in [6, 6.07) is 46.1. The summed E-state index contributed by atoms with van der Waals surface area (Å²) < 4.78 is 4.76. The van der Waals surface area contributed by atoms with Gasteiger partial charge < -0.3 is 26.7 Å². The fraction of sp³-hybridized carbons (Fsp3) is 0.130. The minimum absolute atomic E-state index is 0.0817. The monoisotopic (exact) mass is 891 g/mol. The van der Waals surface area contributed by atoms with Gasteiger partial charge in [-0.2, -0.15) is 9.36 Å². The number of hydrogen-bond donors (Lipinski definition) is 4. The van der Waals surface area contributed by atoms with Gasteiger partial charge in [-0.25, -0.2) is 4.79 Å². The first-order valence-corrected chi connectivity index (χ1v) is 22.1. The molecule has 2 aromatic heterocycles. The van der Waals surface area contributed by atoms with Gasteiger partial charge in [0.05, 0.1) is 6.04 Å². The molecular weight excluding hydrogens is 855 g/mol.